The van der Waals surface area contributed by atoms with E-state index in [4.69, 9.17) is 9.47 Å². The van der Waals surface area contributed by atoms with Crippen molar-refractivity contribution in [2.75, 3.05) is 13.2 Å². The van der Waals surface area contributed by atoms with Crippen LogP contribution in [0.5, 0.6) is 0 Å². The maximum atomic E-state index is 13.2. The third-order valence-corrected chi connectivity index (χ3v) is 6.20. The monoisotopic (exact) mass is 419 g/mol. The molecule has 1 aromatic carbocycles. The van der Waals surface area contributed by atoms with Crippen LogP contribution in [0.25, 0.3) is 0 Å². The van der Waals surface area contributed by atoms with Gasteiger partial charge in [0, 0.05) is 4.47 Å². The first-order valence-corrected chi connectivity index (χ1v) is 9.86. The van der Waals surface area contributed by atoms with E-state index < -0.39 is 17.4 Å². The summed E-state index contributed by atoms with van der Waals surface area (Å²) in [5.41, 5.74) is 0.364. The molecule has 26 heavy (non-hydrogen) atoms. The zero-order chi connectivity index (χ0) is 18.5. The highest BCUT2D eigenvalue weighted by atomic mass is 79.9. The average molecular weight is 420 g/mol. The summed E-state index contributed by atoms with van der Waals surface area (Å²) in [7, 11) is 0. The minimum atomic E-state index is -0.693. The molecule has 1 amide bonds. The van der Waals surface area contributed by atoms with E-state index >= 15 is 0 Å². The number of rotatable bonds is 5. The number of esters is 1. The lowest BCUT2D eigenvalue weighted by Crippen LogP contribution is -2.40. The van der Waals surface area contributed by atoms with Gasteiger partial charge in [0.15, 0.2) is 0 Å². The molecule has 0 aliphatic carbocycles. The number of halogens is 1. The highest BCUT2D eigenvalue weighted by Gasteiger charge is 2.67. The zero-order valence-electron chi connectivity index (χ0n) is 14.9. The highest BCUT2D eigenvalue weighted by Crippen LogP contribution is 2.53. The molecule has 0 radical (unpaired) electrons. The van der Waals surface area contributed by atoms with Crippen molar-refractivity contribution in [3.05, 3.63) is 46.5 Å². The van der Waals surface area contributed by atoms with E-state index in [2.05, 4.69) is 15.9 Å². The van der Waals surface area contributed by atoms with Crippen LogP contribution in [-0.4, -0.2) is 41.6 Å². The zero-order valence-corrected chi connectivity index (χ0v) is 16.4. The van der Waals surface area contributed by atoms with Crippen LogP contribution in [0, 0.1) is 11.8 Å². The Morgan fingerprint density at radius 1 is 1.42 bits per heavy atom. The molecule has 5 atom stereocenters. The van der Waals surface area contributed by atoms with Gasteiger partial charge in [-0.3, -0.25) is 9.59 Å². The van der Waals surface area contributed by atoms with Gasteiger partial charge >= 0.3 is 5.97 Å². The number of nitrogens with zero attached hydrogens (tertiary/aromatic N) is 1. The smallest absolute Gasteiger partial charge is 0.312 e. The van der Waals surface area contributed by atoms with Crippen molar-refractivity contribution in [2.45, 2.75) is 38.0 Å². The Morgan fingerprint density at radius 2 is 2.15 bits per heavy atom. The Labute approximate surface area is 161 Å². The average Bonchev–Trinajstić information content (AvgIpc) is 3.28. The van der Waals surface area contributed by atoms with Crippen LogP contribution in [0.2, 0.25) is 0 Å². The third-order valence-electron chi connectivity index (χ3n) is 5.67. The first kappa shape index (κ1) is 17.7. The molecule has 6 heteroatoms. The van der Waals surface area contributed by atoms with E-state index in [1.165, 1.54) is 0 Å². The fourth-order valence-electron chi connectivity index (χ4n) is 4.35. The van der Waals surface area contributed by atoms with E-state index in [1.807, 2.05) is 55.2 Å². The van der Waals surface area contributed by atoms with Crippen molar-refractivity contribution in [3.63, 3.8) is 0 Å². The van der Waals surface area contributed by atoms with E-state index in [0.29, 0.717) is 13.2 Å². The van der Waals surface area contributed by atoms with Gasteiger partial charge in [-0.2, -0.15) is 0 Å². The molecular weight excluding hydrogens is 398 g/mol. The molecule has 0 N–H and O–H groups in total. The number of carbonyl (C=O) groups excluding carboxylic acids is 2. The molecule has 3 aliphatic heterocycles. The minimum Gasteiger partial charge on any atom is -0.465 e. The van der Waals surface area contributed by atoms with Crippen LogP contribution in [0.3, 0.4) is 0 Å². The van der Waals surface area contributed by atoms with Gasteiger partial charge in [-0.05, 0) is 31.0 Å². The molecule has 3 aliphatic rings. The second-order valence-electron chi connectivity index (χ2n) is 7.26. The molecule has 138 valence electrons. The van der Waals surface area contributed by atoms with Crippen LogP contribution in [0.1, 0.15) is 31.9 Å². The summed E-state index contributed by atoms with van der Waals surface area (Å²) in [5, 5.41) is 0. The van der Waals surface area contributed by atoms with Crippen LogP contribution >= 0.6 is 15.9 Å². The second kappa shape index (κ2) is 6.50. The predicted molar refractivity (Wildman–Crippen MR) is 99.2 cm³/mol. The molecule has 3 heterocycles. The second-order valence-corrected chi connectivity index (χ2v) is 8.18. The van der Waals surface area contributed by atoms with Crippen molar-refractivity contribution in [3.8, 4) is 0 Å². The van der Waals surface area contributed by atoms with Crippen molar-refractivity contribution in [2.24, 2.45) is 11.8 Å². The van der Waals surface area contributed by atoms with Crippen LogP contribution < -0.4 is 0 Å². The summed E-state index contributed by atoms with van der Waals surface area (Å²) in [6, 6.07) is 7.87. The quantitative estimate of drug-likeness (QED) is 0.542. The third kappa shape index (κ3) is 2.62. The van der Waals surface area contributed by atoms with Crippen LogP contribution in [0.4, 0.5) is 0 Å². The van der Waals surface area contributed by atoms with E-state index in [1.54, 1.807) is 0 Å². The van der Waals surface area contributed by atoms with Gasteiger partial charge in [0.25, 0.3) is 0 Å². The molecule has 0 aromatic heterocycles. The Morgan fingerprint density at radius 3 is 2.85 bits per heavy atom. The molecule has 2 fully saturated rings. The first-order chi connectivity index (χ1) is 12.5. The van der Waals surface area contributed by atoms with E-state index in [9.17, 15) is 9.59 Å². The van der Waals surface area contributed by atoms with Crippen LogP contribution in [-0.2, 0) is 19.1 Å². The Hall–Kier alpha value is -1.66. The number of fused-ring (bicyclic) bond motifs is 1. The largest absolute Gasteiger partial charge is 0.465 e. The molecule has 1 aromatic rings. The maximum Gasteiger partial charge on any atom is 0.312 e. The molecule has 5 nitrogen and oxygen atoms in total. The fourth-order valence-corrected chi connectivity index (χ4v) is 4.61. The lowest BCUT2D eigenvalue weighted by Gasteiger charge is -2.27. The van der Waals surface area contributed by atoms with E-state index in [-0.39, 0.29) is 24.0 Å². The maximum absolute atomic E-state index is 13.2. The summed E-state index contributed by atoms with van der Waals surface area (Å²) in [5.74, 6) is -1.37. The Bertz CT molecular complexity index is 762. The fraction of sp³-hybridized carbons (Fsp3) is 0.500. The summed E-state index contributed by atoms with van der Waals surface area (Å²) in [6.45, 7) is 4.81. The Kier molecular flexibility index (Phi) is 4.43. The first-order valence-electron chi connectivity index (χ1n) is 9.06. The number of likely N-dealkylation sites (tertiary alicyclic amines) is 1. The van der Waals surface area contributed by atoms with Crippen molar-refractivity contribution in [1.29, 1.82) is 0 Å². The van der Waals surface area contributed by atoms with Crippen molar-refractivity contribution < 1.29 is 19.1 Å². The summed E-state index contributed by atoms with van der Waals surface area (Å²) in [4.78, 5) is 27.6. The molecule has 2 saturated heterocycles. The standard InChI is InChI=1S/C20H22BrNO4/c1-3-10-25-19(24)16-15-8-9-20(26-15)11-22(18(23)17(16)20)12(2)13-4-6-14(21)7-5-13/h4-9,12,15-17H,3,10-11H2,1-2H3/t12-,15-,16-,17-,20+/m1/s1. The summed E-state index contributed by atoms with van der Waals surface area (Å²) in [6.07, 6.45) is 4.29. The topological polar surface area (TPSA) is 55.8 Å². The van der Waals surface area contributed by atoms with Crippen molar-refractivity contribution >= 4 is 27.8 Å². The van der Waals surface area contributed by atoms with E-state index in [0.717, 1.165) is 16.5 Å². The van der Waals surface area contributed by atoms with Gasteiger partial charge < -0.3 is 14.4 Å². The van der Waals surface area contributed by atoms with Gasteiger partial charge in [-0.1, -0.05) is 47.1 Å². The molecule has 0 unspecified atom stereocenters. The number of amides is 1. The number of hydrogen-bond acceptors (Lipinski definition) is 4. The molecular formula is C20H22BrNO4. The van der Waals surface area contributed by atoms with Crippen molar-refractivity contribution in [1.82, 2.24) is 4.90 Å². The molecule has 4 rings (SSSR count). The van der Waals surface area contributed by atoms with Gasteiger partial charge in [-0.15, -0.1) is 0 Å². The predicted octanol–water partition coefficient (Wildman–Crippen LogP) is 3.25. The van der Waals surface area contributed by atoms with Crippen LogP contribution in [0.15, 0.2) is 40.9 Å². The highest BCUT2D eigenvalue weighted by molar-refractivity contribution is 9.10. The number of ether oxygens (including phenoxy) is 2. The minimum absolute atomic E-state index is 0.0225. The SMILES string of the molecule is CCCOC(=O)[C@@H]1[C@H]2C=C[C@@]3(CN([C@H](C)c4ccc(Br)cc4)C(=O)[C@@H]13)O2. The van der Waals surface area contributed by atoms with Gasteiger partial charge in [0.1, 0.15) is 11.5 Å². The van der Waals surface area contributed by atoms with Gasteiger partial charge in [0.05, 0.1) is 31.2 Å². The van der Waals surface area contributed by atoms with Gasteiger partial charge in [0.2, 0.25) is 5.91 Å². The summed E-state index contributed by atoms with van der Waals surface area (Å²) < 4.78 is 12.5. The lowest BCUT2D eigenvalue weighted by atomic mass is 9.77. The number of hydrogen-bond donors (Lipinski definition) is 0. The molecule has 1 spiro atoms. The number of carbonyl (C=O) groups is 2. The molecule has 2 bridgehead atoms. The summed E-state index contributed by atoms with van der Waals surface area (Å²) >= 11 is 3.44. The molecule has 0 saturated carbocycles. The normalized spacial score (nSPS) is 32.8. The number of benzene rings is 1. The lowest BCUT2D eigenvalue weighted by molar-refractivity contribution is -0.154. The van der Waals surface area contributed by atoms with Gasteiger partial charge in [-0.25, -0.2) is 0 Å². The Balaban J connectivity index is 1.59.